The Morgan fingerprint density at radius 3 is 1.78 bits per heavy atom. The van der Waals surface area contributed by atoms with Gasteiger partial charge in [0.15, 0.2) is 0 Å². The van der Waals surface area contributed by atoms with Crippen molar-refractivity contribution in [2.45, 2.75) is 64.0 Å². The van der Waals surface area contributed by atoms with Crippen molar-refractivity contribution in [1.29, 1.82) is 0 Å². The zero-order chi connectivity index (χ0) is 28.7. The molecule has 0 atom stereocenters. The molecule has 41 heavy (non-hydrogen) atoms. The van der Waals surface area contributed by atoms with Gasteiger partial charge in [0.25, 0.3) is 5.91 Å². The molecule has 1 N–H and O–H groups in total. The number of amides is 1. The summed E-state index contributed by atoms with van der Waals surface area (Å²) in [5.41, 5.74) is 4.83. The highest BCUT2D eigenvalue weighted by molar-refractivity contribution is 5.94. The summed E-state index contributed by atoms with van der Waals surface area (Å²) in [4.78, 5) is 15.1. The van der Waals surface area contributed by atoms with E-state index in [0.717, 1.165) is 40.9 Å². The summed E-state index contributed by atoms with van der Waals surface area (Å²) < 4.78 is 39.1. The lowest BCUT2D eigenvalue weighted by Crippen LogP contribution is -2.30. The van der Waals surface area contributed by atoms with Crippen LogP contribution in [0.2, 0.25) is 0 Å². The van der Waals surface area contributed by atoms with Gasteiger partial charge in [-0.25, -0.2) is 0 Å². The van der Waals surface area contributed by atoms with Gasteiger partial charge in [0, 0.05) is 31.2 Å². The Morgan fingerprint density at radius 2 is 1.22 bits per heavy atom. The summed E-state index contributed by atoms with van der Waals surface area (Å²) in [7, 11) is 0. The van der Waals surface area contributed by atoms with Crippen molar-refractivity contribution in [2.24, 2.45) is 0 Å². The first kappa shape index (κ1) is 28.6. The number of alkyl halides is 3. The van der Waals surface area contributed by atoms with E-state index in [1.807, 2.05) is 54.6 Å². The Labute approximate surface area is 240 Å². The van der Waals surface area contributed by atoms with Crippen molar-refractivity contribution in [3.05, 3.63) is 131 Å². The predicted molar refractivity (Wildman–Crippen MR) is 157 cm³/mol. The molecule has 0 saturated heterocycles. The third-order valence-corrected chi connectivity index (χ3v) is 7.78. The molecule has 0 aliphatic heterocycles. The van der Waals surface area contributed by atoms with Gasteiger partial charge in [0.2, 0.25) is 0 Å². The second-order valence-electron chi connectivity index (χ2n) is 10.8. The molecule has 4 aromatic rings. The number of nitrogens with one attached hydrogen (secondary N) is 1. The fourth-order valence-corrected chi connectivity index (χ4v) is 5.39. The zero-order valence-corrected chi connectivity index (χ0v) is 23.0. The van der Waals surface area contributed by atoms with Crippen LogP contribution in [0.1, 0.15) is 64.7 Å². The number of carbonyl (C=O) groups excluding carboxylic acids is 1. The number of nitrogens with zero attached hydrogens (tertiary/aromatic N) is 1. The lowest BCUT2D eigenvalue weighted by atomic mass is 9.95. The Morgan fingerprint density at radius 1 is 0.683 bits per heavy atom. The normalized spacial score (nSPS) is 14.1. The molecule has 212 valence electrons. The van der Waals surface area contributed by atoms with Crippen LogP contribution >= 0.6 is 0 Å². The first-order chi connectivity index (χ1) is 19.8. The second-order valence-corrected chi connectivity index (χ2v) is 10.8. The standard InChI is InChI=1S/C35H35F3N2O/c36-35(37,38)32-21-19-31(20-22-32)34(41)40(24-27-7-3-1-4-8-27)25-28-13-17-30(18-14-28)29-15-11-26(12-16-29)23-39-33-9-5-2-6-10-33/h1,3-4,7-8,11-22,33,39H,2,5-6,9-10,23-25H2. The molecule has 0 bridgehead atoms. The van der Waals surface area contributed by atoms with Crippen LogP contribution in [0.5, 0.6) is 0 Å². The molecule has 5 rings (SSSR count). The number of hydrogen-bond donors (Lipinski definition) is 1. The molecule has 0 unspecified atom stereocenters. The van der Waals surface area contributed by atoms with Crippen molar-refractivity contribution in [3.8, 4) is 11.1 Å². The smallest absolute Gasteiger partial charge is 0.330 e. The van der Waals surface area contributed by atoms with Crippen LogP contribution in [0.25, 0.3) is 11.1 Å². The monoisotopic (exact) mass is 556 g/mol. The fraction of sp³-hybridized carbons (Fsp3) is 0.286. The Bertz CT molecular complexity index is 1390. The number of hydrogen-bond acceptors (Lipinski definition) is 2. The van der Waals surface area contributed by atoms with Crippen LogP contribution in [0.15, 0.2) is 103 Å². The van der Waals surface area contributed by atoms with E-state index < -0.39 is 11.7 Å². The van der Waals surface area contributed by atoms with Gasteiger partial charge < -0.3 is 10.2 Å². The van der Waals surface area contributed by atoms with Crippen LogP contribution in [-0.4, -0.2) is 16.8 Å². The molecule has 1 amide bonds. The number of rotatable bonds is 9. The number of halogens is 3. The van der Waals surface area contributed by atoms with E-state index in [1.165, 1.54) is 49.8 Å². The van der Waals surface area contributed by atoms with Gasteiger partial charge in [-0.05, 0) is 64.9 Å². The van der Waals surface area contributed by atoms with Crippen molar-refractivity contribution in [1.82, 2.24) is 10.2 Å². The largest absolute Gasteiger partial charge is 0.416 e. The van der Waals surface area contributed by atoms with E-state index in [0.29, 0.717) is 19.1 Å². The minimum Gasteiger partial charge on any atom is -0.330 e. The van der Waals surface area contributed by atoms with E-state index in [2.05, 4.69) is 29.6 Å². The van der Waals surface area contributed by atoms with Crippen LogP contribution in [0.3, 0.4) is 0 Å². The highest BCUT2D eigenvalue weighted by Gasteiger charge is 2.30. The highest BCUT2D eigenvalue weighted by Crippen LogP contribution is 2.29. The number of carbonyl (C=O) groups is 1. The molecule has 0 aromatic heterocycles. The first-order valence-corrected chi connectivity index (χ1v) is 14.3. The Kier molecular flexibility index (Phi) is 9.20. The average Bonchev–Trinajstić information content (AvgIpc) is 3.01. The number of benzene rings is 4. The van der Waals surface area contributed by atoms with Crippen LogP contribution in [0, 0.1) is 0 Å². The molecule has 1 saturated carbocycles. The molecule has 4 aromatic carbocycles. The van der Waals surface area contributed by atoms with Gasteiger partial charge in [-0.2, -0.15) is 13.2 Å². The molecule has 1 aliphatic carbocycles. The maximum absolute atomic E-state index is 13.4. The summed E-state index contributed by atoms with van der Waals surface area (Å²) >= 11 is 0. The summed E-state index contributed by atoms with van der Waals surface area (Å²) in [6.07, 6.45) is 2.08. The summed E-state index contributed by atoms with van der Waals surface area (Å²) in [5, 5.41) is 3.69. The summed E-state index contributed by atoms with van der Waals surface area (Å²) in [6, 6.07) is 31.4. The Balaban J connectivity index is 1.26. The molecule has 6 heteroatoms. The van der Waals surface area contributed by atoms with Crippen molar-refractivity contribution in [3.63, 3.8) is 0 Å². The molecule has 0 heterocycles. The van der Waals surface area contributed by atoms with Gasteiger partial charge >= 0.3 is 6.18 Å². The predicted octanol–water partition coefficient (Wildman–Crippen LogP) is 8.64. The molecule has 3 nitrogen and oxygen atoms in total. The van der Waals surface area contributed by atoms with Crippen molar-refractivity contribution >= 4 is 5.91 Å². The lowest BCUT2D eigenvalue weighted by molar-refractivity contribution is -0.137. The molecular weight excluding hydrogens is 521 g/mol. The van der Waals surface area contributed by atoms with E-state index >= 15 is 0 Å². The molecular formula is C35H35F3N2O. The minimum atomic E-state index is -4.45. The van der Waals surface area contributed by atoms with Gasteiger partial charge in [-0.1, -0.05) is 98.1 Å². The zero-order valence-electron chi connectivity index (χ0n) is 23.0. The van der Waals surface area contributed by atoms with Crippen LogP contribution in [-0.2, 0) is 25.8 Å². The molecule has 0 spiro atoms. The average molecular weight is 557 g/mol. The maximum atomic E-state index is 13.4. The first-order valence-electron chi connectivity index (χ1n) is 14.3. The topological polar surface area (TPSA) is 32.3 Å². The van der Waals surface area contributed by atoms with Gasteiger partial charge in [0.05, 0.1) is 5.56 Å². The SMILES string of the molecule is O=C(c1ccc(C(F)(F)F)cc1)N(Cc1ccccc1)Cc1ccc(-c2ccc(CNC3CCCCC3)cc2)cc1. The fourth-order valence-electron chi connectivity index (χ4n) is 5.39. The van der Waals surface area contributed by atoms with Crippen LogP contribution in [0.4, 0.5) is 13.2 Å². The van der Waals surface area contributed by atoms with E-state index in [-0.39, 0.29) is 11.5 Å². The van der Waals surface area contributed by atoms with E-state index in [1.54, 1.807) is 4.90 Å². The maximum Gasteiger partial charge on any atom is 0.416 e. The third-order valence-electron chi connectivity index (χ3n) is 7.78. The summed E-state index contributed by atoms with van der Waals surface area (Å²) in [5.74, 6) is -0.316. The quantitative estimate of drug-likeness (QED) is 0.224. The van der Waals surface area contributed by atoms with Gasteiger partial charge in [-0.3, -0.25) is 4.79 Å². The van der Waals surface area contributed by atoms with E-state index in [9.17, 15) is 18.0 Å². The molecule has 0 radical (unpaired) electrons. The second kappa shape index (κ2) is 13.2. The minimum absolute atomic E-state index is 0.226. The summed E-state index contributed by atoms with van der Waals surface area (Å²) in [6.45, 7) is 1.56. The third kappa shape index (κ3) is 7.86. The van der Waals surface area contributed by atoms with Crippen LogP contribution < -0.4 is 5.32 Å². The van der Waals surface area contributed by atoms with Crippen molar-refractivity contribution < 1.29 is 18.0 Å². The molecule has 1 fully saturated rings. The molecule has 1 aliphatic rings. The lowest BCUT2D eigenvalue weighted by Gasteiger charge is -2.24. The van der Waals surface area contributed by atoms with Gasteiger partial charge in [0.1, 0.15) is 0 Å². The highest BCUT2D eigenvalue weighted by atomic mass is 19.4. The van der Waals surface area contributed by atoms with Crippen molar-refractivity contribution in [2.75, 3.05) is 0 Å². The van der Waals surface area contributed by atoms with Gasteiger partial charge in [-0.15, -0.1) is 0 Å². The van der Waals surface area contributed by atoms with E-state index in [4.69, 9.17) is 0 Å². The Hall–Kier alpha value is -3.90.